The van der Waals surface area contributed by atoms with Gasteiger partial charge in [-0.05, 0) is 50.6 Å². The molecule has 2 aromatic rings. The molecule has 0 saturated carbocycles. The van der Waals surface area contributed by atoms with Gasteiger partial charge in [-0.3, -0.25) is 10.1 Å². The lowest BCUT2D eigenvalue weighted by molar-refractivity contribution is -0.0804. The monoisotopic (exact) mass is 461 g/mol. The summed E-state index contributed by atoms with van der Waals surface area (Å²) in [6.07, 6.45) is 5.41. The molecule has 8 heteroatoms. The Balaban J connectivity index is 0.00000187. The molecule has 1 fully saturated rings. The maximum atomic E-state index is 14.5. The summed E-state index contributed by atoms with van der Waals surface area (Å²) in [6, 6.07) is 6.19. The zero-order valence-corrected chi connectivity index (χ0v) is 19.5. The quantitative estimate of drug-likeness (QED) is 0.559. The molecule has 0 radical (unpaired) electrons. The number of terminal acetylenes is 1. The molecule has 0 bridgehead atoms. The first-order chi connectivity index (χ1) is 15.4. The number of carbonyl (C=O) groups excluding carboxylic acids is 1. The van der Waals surface area contributed by atoms with E-state index in [9.17, 15) is 23.1 Å². The predicted molar refractivity (Wildman–Crippen MR) is 124 cm³/mol. The predicted octanol–water partition coefficient (Wildman–Crippen LogP) is 4.37. The smallest absolute Gasteiger partial charge is 0.256 e. The van der Waals surface area contributed by atoms with Crippen molar-refractivity contribution in [3.63, 3.8) is 0 Å². The number of nitrogens with one attached hydrogen (secondary N) is 2. The largest absolute Gasteiger partial charge is 0.385 e. The van der Waals surface area contributed by atoms with Gasteiger partial charge in [0.2, 0.25) is 0 Å². The number of amides is 1. The van der Waals surface area contributed by atoms with Crippen molar-refractivity contribution in [2.75, 3.05) is 25.0 Å². The van der Waals surface area contributed by atoms with Gasteiger partial charge >= 0.3 is 0 Å². The second kappa shape index (κ2) is 10.3. The highest BCUT2D eigenvalue weighted by molar-refractivity contribution is 6.01. The zero-order valence-electron chi connectivity index (χ0n) is 19.5. The van der Waals surface area contributed by atoms with Crippen LogP contribution < -0.4 is 10.6 Å². The van der Waals surface area contributed by atoms with Gasteiger partial charge in [-0.2, -0.15) is 0 Å². The summed E-state index contributed by atoms with van der Waals surface area (Å²) in [4.78, 5) is 14.2. The van der Waals surface area contributed by atoms with E-state index in [-0.39, 0.29) is 30.9 Å². The van der Waals surface area contributed by atoms with Gasteiger partial charge in [-0.25, -0.2) is 13.2 Å². The molecule has 1 aliphatic heterocycles. The van der Waals surface area contributed by atoms with E-state index in [0.717, 1.165) is 12.1 Å². The maximum Gasteiger partial charge on any atom is 0.256 e. The van der Waals surface area contributed by atoms with E-state index in [1.54, 1.807) is 26.8 Å². The molecule has 1 amide bonds. The third kappa shape index (κ3) is 6.06. The van der Waals surface area contributed by atoms with Crippen molar-refractivity contribution >= 4 is 17.3 Å². The van der Waals surface area contributed by atoms with Crippen LogP contribution in [-0.4, -0.2) is 46.7 Å². The second-order valence-corrected chi connectivity index (χ2v) is 8.40. The summed E-state index contributed by atoms with van der Waals surface area (Å²) in [5, 5.41) is 16.1. The number of β-amino-alcohol motifs (C(OH)–C–C–N with tert-alkyl or cyclic N) is 1. The van der Waals surface area contributed by atoms with Crippen LogP contribution in [0.1, 0.15) is 43.6 Å². The van der Waals surface area contributed by atoms with Crippen LogP contribution in [0.2, 0.25) is 0 Å². The van der Waals surface area contributed by atoms with Crippen LogP contribution in [-0.2, 0) is 0 Å². The molecule has 5 nitrogen and oxygen atoms in total. The number of hydrogen-bond acceptors (Lipinski definition) is 4. The number of nitrogens with zero attached hydrogens (tertiary/aromatic N) is 1. The standard InChI is InChI=1S/C23H24F3N3O2.C2H6/c1-5-22(3,4)27-11-23(31)12-29(13-23)21(30)15-7-8-16(24)19(26)20(15)28-18-9-6-14(2)10-17(18)25;1-2/h1,6-10,27-28,31H,11-13H2,2-4H3;1-2H3. The van der Waals surface area contributed by atoms with E-state index in [2.05, 4.69) is 16.6 Å². The van der Waals surface area contributed by atoms with E-state index in [1.165, 1.54) is 17.0 Å². The number of likely N-dealkylation sites (tertiary alicyclic amines) is 1. The number of halogens is 3. The summed E-state index contributed by atoms with van der Waals surface area (Å²) in [5.41, 5.74) is -1.90. The molecule has 0 aromatic heterocycles. The summed E-state index contributed by atoms with van der Waals surface area (Å²) in [5.74, 6) is -1.19. The van der Waals surface area contributed by atoms with Gasteiger partial charge in [0.1, 0.15) is 11.4 Å². The third-order valence-electron chi connectivity index (χ3n) is 5.19. The van der Waals surface area contributed by atoms with E-state index in [4.69, 9.17) is 6.42 Å². The van der Waals surface area contributed by atoms with Gasteiger partial charge in [0.25, 0.3) is 5.91 Å². The molecule has 0 atom stereocenters. The van der Waals surface area contributed by atoms with E-state index >= 15 is 0 Å². The minimum Gasteiger partial charge on any atom is -0.385 e. The Hall–Kier alpha value is -3.02. The van der Waals surface area contributed by atoms with Crippen LogP contribution in [0.25, 0.3) is 0 Å². The van der Waals surface area contributed by atoms with Crippen molar-refractivity contribution in [1.82, 2.24) is 10.2 Å². The number of benzene rings is 2. The molecule has 178 valence electrons. The topological polar surface area (TPSA) is 64.6 Å². The fraction of sp³-hybridized carbons (Fsp3) is 0.400. The van der Waals surface area contributed by atoms with Crippen LogP contribution in [0.5, 0.6) is 0 Å². The van der Waals surface area contributed by atoms with Gasteiger partial charge in [0.15, 0.2) is 11.6 Å². The molecule has 2 aromatic carbocycles. The lowest BCUT2D eigenvalue weighted by Gasteiger charge is -2.47. The molecule has 1 heterocycles. The molecule has 0 aliphatic carbocycles. The van der Waals surface area contributed by atoms with Crippen molar-refractivity contribution in [2.24, 2.45) is 0 Å². The average Bonchev–Trinajstić information content (AvgIpc) is 2.76. The van der Waals surface area contributed by atoms with Crippen LogP contribution >= 0.6 is 0 Å². The van der Waals surface area contributed by atoms with Crippen molar-refractivity contribution in [2.45, 2.75) is 45.8 Å². The highest BCUT2D eigenvalue weighted by atomic mass is 19.2. The second-order valence-electron chi connectivity index (χ2n) is 8.40. The average molecular weight is 462 g/mol. The first-order valence-corrected chi connectivity index (χ1v) is 10.7. The minimum absolute atomic E-state index is 0.0171. The van der Waals surface area contributed by atoms with Crippen LogP contribution in [0, 0.1) is 36.7 Å². The number of aliphatic hydroxyl groups is 1. The van der Waals surface area contributed by atoms with Crippen molar-refractivity contribution in [3.8, 4) is 12.3 Å². The minimum atomic E-state index is -1.29. The van der Waals surface area contributed by atoms with Gasteiger partial charge in [-0.15, -0.1) is 6.42 Å². The molecular formula is C25H30F3N3O2. The third-order valence-corrected chi connectivity index (χ3v) is 5.19. The normalized spacial score (nSPS) is 14.5. The number of carbonyl (C=O) groups is 1. The summed E-state index contributed by atoms with van der Waals surface area (Å²) >= 11 is 0. The number of anilines is 2. The van der Waals surface area contributed by atoms with Crippen molar-refractivity contribution in [1.29, 1.82) is 0 Å². The lowest BCUT2D eigenvalue weighted by atomic mass is 9.91. The molecule has 3 N–H and O–H groups in total. The van der Waals surface area contributed by atoms with Gasteiger partial charge in [-0.1, -0.05) is 25.8 Å². The van der Waals surface area contributed by atoms with E-state index in [0.29, 0.717) is 5.56 Å². The summed E-state index contributed by atoms with van der Waals surface area (Å²) < 4.78 is 42.6. The Kier molecular flexibility index (Phi) is 8.17. The first kappa shape index (κ1) is 26.2. The maximum absolute atomic E-state index is 14.5. The van der Waals surface area contributed by atoms with Gasteiger partial charge in [0.05, 0.1) is 35.6 Å². The first-order valence-electron chi connectivity index (χ1n) is 10.7. The number of aryl methyl sites for hydroxylation is 1. The van der Waals surface area contributed by atoms with Crippen LogP contribution in [0.15, 0.2) is 30.3 Å². The van der Waals surface area contributed by atoms with Gasteiger partial charge in [0, 0.05) is 6.54 Å². The summed E-state index contributed by atoms with van der Waals surface area (Å²) in [7, 11) is 0. The Morgan fingerprint density at radius 3 is 2.39 bits per heavy atom. The van der Waals surface area contributed by atoms with Crippen molar-refractivity contribution < 1.29 is 23.1 Å². The van der Waals surface area contributed by atoms with Crippen LogP contribution in [0.4, 0.5) is 24.5 Å². The van der Waals surface area contributed by atoms with Crippen LogP contribution in [0.3, 0.4) is 0 Å². The molecule has 1 aliphatic rings. The van der Waals surface area contributed by atoms with E-state index < -0.39 is 40.2 Å². The lowest BCUT2D eigenvalue weighted by Crippen LogP contribution is -2.68. The highest BCUT2D eigenvalue weighted by Crippen LogP contribution is 2.31. The molecule has 3 rings (SSSR count). The Morgan fingerprint density at radius 2 is 1.82 bits per heavy atom. The Morgan fingerprint density at radius 1 is 1.18 bits per heavy atom. The summed E-state index contributed by atoms with van der Waals surface area (Å²) in [6.45, 7) is 9.37. The van der Waals surface area contributed by atoms with E-state index in [1.807, 2.05) is 13.8 Å². The molecular weight excluding hydrogens is 431 g/mol. The highest BCUT2D eigenvalue weighted by Gasteiger charge is 2.45. The Labute approximate surface area is 193 Å². The molecule has 1 saturated heterocycles. The van der Waals surface area contributed by atoms with Crippen molar-refractivity contribution in [3.05, 3.63) is 58.9 Å². The molecule has 0 unspecified atom stereocenters. The fourth-order valence-corrected chi connectivity index (χ4v) is 3.23. The number of rotatable bonds is 6. The fourth-order valence-electron chi connectivity index (χ4n) is 3.23. The molecule has 33 heavy (non-hydrogen) atoms. The number of hydrogen-bond donors (Lipinski definition) is 3. The SMILES string of the molecule is C#CC(C)(C)NCC1(O)CN(C(=O)c2ccc(F)c(F)c2Nc2ccc(C)cc2F)C1.CC. The Bertz CT molecular complexity index is 1060. The van der Waals surface area contributed by atoms with Gasteiger partial charge < -0.3 is 15.3 Å². The zero-order chi connectivity index (χ0) is 25.0. The molecule has 0 spiro atoms.